The first-order chi connectivity index (χ1) is 15.3. The van der Waals surface area contributed by atoms with E-state index in [9.17, 15) is 23.4 Å². The number of rotatable bonds is 5. The van der Waals surface area contributed by atoms with Crippen molar-refractivity contribution in [1.82, 2.24) is 4.72 Å². The van der Waals surface area contributed by atoms with Crippen LogP contribution in [0.4, 0.5) is 0 Å². The number of para-hydroxylation sites is 1. The lowest BCUT2D eigenvalue weighted by Gasteiger charge is -2.22. The molecule has 1 aliphatic carbocycles. The smallest absolute Gasteiger partial charge is 0.310 e. The molecule has 8 heteroatoms. The number of aliphatic carboxylic acids is 1. The number of carboxylic acids is 1. The third-order valence-corrected chi connectivity index (χ3v) is 8.00. The normalized spacial score (nSPS) is 25.2. The first-order valence-electron chi connectivity index (χ1n) is 10.5. The number of nitrogens with one attached hydrogen (secondary N) is 1. The third kappa shape index (κ3) is 3.35. The Morgan fingerprint density at radius 2 is 1.84 bits per heavy atom. The number of aliphatic hydroxyl groups excluding tert-OH is 1. The van der Waals surface area contributed by atoms with Crippen LogP contribution in [0.25, 0.3) is 10.8 Å². The zero-order chi connectivity index (χ0) is 22.6. The molecule has 0 spiro atoms. The quantitative estimate of drug-likeness (QED) is 0.547. The van der Waals surface area contributed by atoms with Gasteiger partial charge in [-0.2, -0.15) is 0 Å². The van der Waals surface area contributed by atoms with Crippen LogP contribution in [0, 0.1) is 0 Å². The summed E-state index contributed by atoms with van der Waals surface area (Å²) < 4.78 is 35.2. The van der Waals surface area contributed by atoms with Crippen LogP contribution in [-0.4, -0.2) is 42.8 Å². The van der Waals surface area contributed by atoms with E-state index in [4.69, 9.17) is 4.74 Å². The van der Waals surface area contributed by atoms with E-state index in [1.54, 1.807) is 37.3 Å². The molecule has 1 heterocycles. The molecule has 5 unspecified atom stereocenters. The Morgan fingerprint density at radius 3 is 2.59 bits per heavy atom. The summed E-state index contributed by atoms with van der Waals surface area (Å²) in [6, 6.07) is 16.9. The van der Waals surface area contributed by atoms with Crippen LogP contribution in [-0.2, 0) is 14.8 Å². The molecule has 166 valence electrons. The van der Waals surface area contributed by atoms with Gasteiger partial charge in [0.2, 0.25) is 10.0 Å². The standard InChI is InChI=1S/C24H23NO6S/c1-13(24(27)28)17-7-4-8-18-21-20(31-23(17)18)12-19(26)22(21)25-32(29,30)16-10-9-14-5-2-3-6-15(14)11-16/h2-11,13,19-22,25-26H,12H2,1H3,(H,27,28). The zero-order valence-corrected chi connectivity index (χ0v) is 18.1. The van der Waals surface area contributed by atoms with E-state index in [-0.39, 0.29) is 11.3 Å². The zero-order valence-electron chi connectivity index (χ0n) is 17.3. The number of fused-ring (bicyclic) bond motifs is 4. The Hall–Kier alpha value is -2.94. The fourth-order valence-corrected chi connectivity index (χ4v) is 6.18. The van der Waals surface area contributed by atoms with Crippen molar-refractivity contribution in [3.8, 4) is 5.75 Å². The molecule has 1 saturated carbocycles. The minimum atomic E-state index is -3.91. The summed E-state index contributed by atoms with van der Waals surface area (Å²) in [5.41, 5.74) is 1.28. The molecular weight excluding hydrogens is 430 g/mol. The molecule has 5 atom stereocenters. The highest BCUT2D eigenvalue weighted by Crippen LogP contribution is 2.50. The molecule has 0 radical (unpaired) electrons. The van der Waals surface area contributed by atoms with Crippen molar-refractivity contribution in [2.45, 2.75) is 48.3 Å². The molecule has 0 saturated heterocycles. The predicted octanol–water partition coefficient (Wildman–Crippen LogP) is 2.98. The second-order valence-electron chi connectivity index (χ2n) is 8.47. The van der Waals surface area contributed by atoms with Crippen molar-refractivity contribution < 1.29 is 28.2 Å². The Morgan fingerprint density at radius 1 is 1.09 bits per heavy atom. The monoisotopic (exact) mass is 453 g/mol. The maximum Gasteiger partial charge on any atom is 0.310 e. The van der Waals surface area contributed by atoms with E-state index in [2.05, 4.69) is 4.72 Å². The molecule has 2 aliphatic rings. The molecule has 0 bridgehead atoms. The van der Waals surface area contributed by atoms with Crippen molar-refractivity contribution in [1.29, 1.82) is 0 Å². The van der Waals surface area contributed by atoms with Gasteiger partial charge in [0.1, 0.15) is 11.9 Å². The van der Waals surface area contributed by atoms with Crippen molar-refractivity contribution in [3.05, 3.63) is 71.8 Å². The summed E-state index contributed by atoms with van der Waals surface area (Å²) in [4.78, 5) is 11.6. The van der Waals surface area contributed by atoms with E-state index in [1.807, 2.05) is 30.3 Å². The molecule has 5 rings (SSSR count). The average molecular weight is 454 g/mol. The van der Waals surface area contributed by atoms with Gasteiger partial charge >= 0.3 is 5.97 Å². The van der Waals surface area contributed by atoms with Gasteiger partial charge in [0.15, 0.2) is 0 Å². The lowest BCUT2D eigenvalue weighted by Crippen LogP contribution is -2.43. The predicted molar refractivity (Wildman–Crippen MR) is 118 cm³/mol. The minimum absolute atomic E-state index is 0.124. The second kappa shape index (κ2) is 7.58. The van der Waals surface area contributed by atoms with Crippen LogP contribution in [0.15, 0.2) is 65.6 Å². The highest BCUT2D eigenvalue weighted by molar-refractivity contribution is 7.89. The number of aliphatic hydroxyl groups is 1. The van der Waals surface area contributed by atoms with Crippen molar-refractivity contribution in [2.24, 2.45) is 0 Å². The molecule has 0 amide bonds. The first-order valence-corrected chi connectivity index (χ1v) is 12.0. The molecule has 3 aromatic rings. The number of carbonyl (C=O) groups is 1. The van der Waals surface area contributed by atoms with Crippen LogP contribution < -0.4 is 9.46 Å². The Balaban J connectivity index is 1.49. The number of hydrogen-bond acceptors (Lipinski definition) is 5. The SMILES string of the molecule is CC(C(=O)O)c1cccc2c1OC1CC(O)C(NS(=O)(=O)c3ccc4ccccc4c3)C21. The Labute approximate surface area is 185 Å². The van der Waals surface area contributed by atoms with E-state index >= 15 is 0 Å². The van der Waals surface area contributed by atoms with Gasteiger partial charge in [0.05, 0.1) is 23.0 Å². The van der Waals surface area contributed by atoms with Gasteiger partial charge in [-0.05, 0) is 29.8 Å². The lowest BCUT2D eigenvalue weighted by atomic mass is 9.90. The molecule has 1 aliphatic heterocycles. The summed E-state index contributed by atoms with van der Waals surface area (Å²) in [7, 11) is -3.91. The van der Waals surface area contributed by atoms with Crippen molar-refractivity contribution >= 4 is 26.8 Å². The largest absolute Gasteiger partial charge is 0.489 e. The van der Waals surface area contributed by atoms with Gasteiger partial charge in [-0.15, -0.1) is 0 Å². The average Bonchev–Trinajstić information content (AvgIpc) is 3.28. The topological polar surface area (TPSA) is 113 Å². The summed E-state index contributed by atoms with van der Waals surface area (Å²) in [5, 5.41) is 21.8. The van der Waals surface area contributed by atoms with Gasteiger partial charge < -0.3 is 14.9 Å². The second-order valence-corrected chi connectivity index (χ2v) is 10.2. The van der Waals surface area contributed by atoms with Crippen molar-refractivity contribution in [3.63, 3.8) is 0 Å². The number of sulfonamides is 1. The molecule has 1 fully saturated rings. The summed E-state index contributed by atoms with van der Waals surface area (Å²) in [5.74, 6) is -1.65. The summed E-state index contributed by atoms with van der Waals surface area (Å²) in [6.07, 6.45) is -1.09. The maximum absolute atomic E-state index is 13.2. The highest BCUT2D eigenvalue weighted by Gasteiger charge is 2.51. The highest BCUT2D eigenvalue weighted by atomic mass is 32.2. The van der Waals surface area contributed by atoms with Crippen LogP contribution in [0.3, 0.4) is 0 Å². The molecule has 3 aromatic carbocycles. The van der Waals surface area contributed by atoms with Gasteiger partial charge in [-0.25, -0.2) is 13.1 Å². The molecular formula is C24H23NO6S. The van der Waals surface area contributed by atoms with Gasteiger partial charge in [0.25, 0.3) is 0 Å². The number of carboxylic acid groups (broad SMARTS) is 1. The third-order valence-electron chi connectivity index (χ3n) is 6.54. The Kier molecular flexibility index (Phi) is 4.96. The number of benzene rings is 3. The fourth-order valence-electron chi connectivity index (χ4n) is 4.85. The summed E-state index contributed by atoms with van der Waals surface area (Å²) >= 11 is 0. The van der Waals surface area contributed by atoms with Crippen LogP contribution in [0.1, 0.15) is 36.3 Å². The van der Waals surface area contributed by atoms with E-state index in [1.165, 1.54) is 0 Å². The maximum atomic E-state index is 13.2. The minimum Gasteiger partial charge on any atom is -0.489 e. The van der Waals surface area contributed by atoms with E-state index in [0.29, 0.717) is 11.3 Å². The number of ether oxygens (including phenoxy) is 1. The number of hydrogen-bond donors (Lipinski definition) is 3. The van der Waals surface area contributed by atoms with Crippen LogP contribution >= 0.6 is 0 Å². The fraction of sp³-hybridized carbons (Fsp3) is 0.292. The van der Waals surface area contributed by atoms with Crippen LogP contribution in [0.5, 0.6) is 5.75 Å². The Bertz CT molecular complexity index is 1320. The van der Waals surface area contributed by atoms with E-state index < -0.39 is 46.1 Å². The molecule has 7 nitrogen and oxygen atoms in total. The first kappa shape index (κ1) is 20.9. The van der Waals surface area contributed by atoms with Gasteiger partial charge in [0, 0.05) is 23.5 Å². The van der Waals surface area contributed by atoms with E-state index in [0.717, 1.165) is 16.3 Å². The van der Waals surface area contributed by atoms with Crippen molar-refractivity contribution in [2.75, 3.05) is 0 Å². The van der Waals surface area contributed by atoms with Crippen LogP contribution in [0.2, 0.25) is 0 Å². The van der Waals surface area contributed by atoms with Gasteiger partial charge in [-0.3, -0.25) is 4.79 Å². The summed E-state index contributed by atoms with van der Waals surface area (Å²) in [6.45, 7) is 1.59. The lowest BCUT2D eigenvalue weighted by molar-refractivity contribution is -0.138. The van der Waals surface area contributed by atoms with Gasteiger partial charge in [-0.1, -0.05) is 48.5 Å². The molecule has 3 N–H and O–H groups in total. The molecule has 32 heavy (non-hydrogen) atoms. The molecule has 0 aromatic heterocycles.